The van der Waals surface area contributed by atoms with Crippen LogP contribution in [-0.4, -0.2) is 47.0 Å². The number of likely N-dealkylation sites (N-methyl/N-ethyl adjacent to an activating group) is 1. The molecule has 0 aliphatic heterocycles. The van der Waals surface area contributed by atoms with Crippen molar-refractivity contribution in [1.82, 2.24) is 20.4 Å². The summed E-state index contributed by atoms with van der Waals surface area (Å²) in [6.45, 7) is 5.81. The highest BCUT2D eigenvalue weighted by atomic mass is 32.1. The standard InChI is InChI=1S/C20H24N4O3S/c1-11(2)9-15(20(26)24(4)5)21-18(25)13-10-14(16-7-6-8-28-16)22-19-17(13)12(3)23-27-19/h6-8,10-11,15H,9H2,1-5H3,(H,21,25)/t15-/m1/s1. The lowest BCUT2D eigenvalue weighted by Crippen LogP contribution is -2.47. The van der Waals surface area contributed by atoms with Crippen LogP contribution in [0.15, 0.2) is 28.1 Å². The fraction of sp³-hybridized carbons (Fsp3) is 0.400. The Kier molecular flexibility index (Phi) is 5.79. The Morgan fingerprint density at radius 1 is 1.32 bits per heavy atom. The summed E-state index contributed by atoms with van der Waals surface area (Å²) < 4.78 is 5.32. The summed E-state index contributed by atoms with van der Waals surface area (Å²) in [4.78, 5) is 32.6. The van der Waals surface area contributed by atoms with Crippen LogP contribution in [-0.2, 0) is 4.79 Å². The van der Waals surface area contributed by atoms with E-state index in [1.165, 1.54) is 16.2 Å². The van der Waals surface area contributed by atoms with Crippen molar-refractivity contribution in [3.8, 4) is 10.6 Å². The van der Waals surface area contributed by atoms with Crippen molar-refractivity contribution in [2.45, 2.75) is 33.2 Å². The van der Waals surface area contributed by atoms with E-state index in [-0.39, 0.29) is 17.7 Å². The van der Waals surface area contributed by atoms with E-state index < -0.39 is 6.04 Å². The van der Waals surface area contributed by atoms with Gasteiger partial charge in [-0.15, -0.1) is 11.3 Å². The highest BCUT2D eigenvalue weighted by Crippen LogP contribution is 2.29. The largest absolute Gasteiger partial charge is 0.347 e. The molecule has 1 atom stereocenters. The lowest BCUT2D eigenvalue weighted by molar-refractivity contribution is -0.131. The third kappa shape index (κ3) is 4.06. The second-order valence-electron chi connectivity index (χ2n) is 7.37. The molecule has 0 aliphatic rings. The Hall–Kier alpha value is -2.74. The SMILES string of the molecule is Cc1noc2nc(-c3cccs3)cc(C(=O)N[C@H](CC(C)C)C(=O)N(C)C)c12. The number of amides is 2. The van der Waals surface area contributed by atoms with Crippen LogP contribution < -0.4 is 5.32 Å². The van der Waals surface area contributed by atoms with Gasteiger partial charge in [-0.2, -0.15) is 0 Å². The number of aryl methyl sites for hydroxylation is 1. The van der Waals surface area contributed by atoms with Gasteiger partial charge in [-0.05, 0) is 36.8 Å². The minimum Gasteiger partial charge on any atom is -0.347 e. The Balaban J connectivity index is 2.02. The number of carbonyl (C=O) groups is 2. The molecule has 3 heterocycles. The molecule has 0 saturated heterocycles. The van der Waals surface area contributed by atoms with Crippen molar-refractivity contribution in [1.29, 1.82) is 0 Å². The van der Waals surface area contributed by atoms with Gasteiger partial charge in [0.25, 0.3) is 11.6 Å². The van der Waals surface area contributed by atoms with E-state index in [1.807, 2.05) is 31.4 Å². The van der Waals surface area contributed by atoms with E-state index in [9.17, 15) is 9.59 Å². The van der Waals surface area contributed by atoms with Crippen molar-refractivity contribution in [2.75, 3.05) is 14.1 Å². The molecule has 7 nitrogen and oxygen atoms in total. The summed E-state index contributed by atoms with van der Waals surface area (Å²) in [7, 11) is 3.37. The molecule has 0 aliphatic carbocycles. The Morgan fingerprint density at radius 3 is 2.68 bits per heavy atom. The van der Waals surface area contributed by atoms with E-state index in [2.05, 4.69) is 15.5 Å². The average molecular weight is 401 g/mol. The van der Waals surface area contributed by atoms with Gasteiger partial charge in [-0.1, -0.05) is 25.1 Å². The van der Waals surface area contributed by atoms with Gasteiger partial charge in [0, 0.05) is 14.1 Å². The number of hydrogen-bond donors (Lipinski definition) is 1. The van der Waals surface area contributed by atoms with Crippen LogP contribution in [0.2, 0.25) is 0 Å². The fourth-order valence-electron chi connectivity index (χ4n) is 3.06. The van der Waals surface area contributed by atoms with Gasteiger partial charge in [0.1, 0.15) is 6.04 Å². The predicted molar refractivity (Wildman–Crippen MR) is 109 cm³/mol. The third-order valence-corrected chi connectivity index (χ3v) is 5.28. The second kappa shape index (κ2) is 8.10. The summed E-state index contributed by atoms with van der Waals surface area (Å²) in [5.74, 6) is -0.212. The van der Waals surface area contributed by atoms with Crippen LogP contribution in [0.1, 0.15) is 36.3 Å². The van der Waals surface area contributed by atoms with E-state index >= 15 is 0 Å². The summed E-state index contributed by atoms with van der Waals surface area (Å²) in [5, 5.41) is 9.38. The molecule has 0 saturated carbocycles. The summed E-state index contributed by atoms with van der Waals surface area (Å²) in [6.07, 6.45) is 0.553. The zero-order chi connectivity index (χ0) is 20.4. The average Bonchev–Trinajstić information content (AvgIpc) is 3.29. The molecule has 3 rings (SSSR count). The van der Waals surface area contributed by atoms with Gasteiger partial charge in [0.05, 0.1) is 27.2 Å². The number of aromatic nitrogens is 2. The molecule has 0 aromatic carbocycles. The Bertz CT molecular complexity index is 992. The molecule has 0 bridgehead atoms. The highest BCUT2D eigenvalue weighted by molar-refractivity contribution is 7.13. The van der Waals surface area contributed by atoms with Crippen LogP contribution in [0.4, 0.5) is 0 Å². The first-order chi connectivity index (χ1) is 13.3. The van der Waals surface area contributed by atoms with Crippen LogP contribution in [0, 0.1) is 12.8 Å². The number of pyridine rings is 1. The zero-order valence-electron chi connectivity index (χ0n) is 16.6. The molecule has 148 valence electrons. The summed E-state index contributed by atoms with van der Waals surface area (Å²) in [6, 6.07) is 4.99. The van der Waals surface area contributed by atoms with Gasteiger partial charge < -0.3 is 14.7 Å². The molecule has 28 heavy (non-hydrogen) atoms. The molecule has 3 aromatic heterocycles. The minimum absolute atomic E-state index is 0.132. The van der Waals surface area contributed by atoms with Crippen LogP contribution in [0.25, 0.3) is 21.7 Å². The first-order valence-corrected chi connectivity index (χ1v) is 9.98. The van der Waals surface area contributed by atoms with Crippen molar-refractivity contribution < 1.29 is 14.1 Å². The van der Waals surface area contributed by atoms with Crippen molar-refractivity contribution in [2.24, 2.45) is 5.92 Å². The number of fused-ring (bicyclic) bond motifs is 1. The predicted octanol–water partition coefficient (Wildman–Crippen LogP) is 3.49. The van der Waals surface area contributed by atoms with Gasteiger partial charge in [0.2, 0.25) is 5.91 Å². The number of thiophene rings is 1. The molecular formula is C20H24N4O3S. The quantitative estimate of drug-likeness (QED) is 0.684. The van der Waals surface area contributed by atoms with Crippen molar-refractivity contribution in [3.05, 3.63) is 34.8 Å². The fourth-order valence-corrected chi connectivity index (χ4v) is 3.75. The van der Waals surface area contributed by atoms with Crippen molar-refractivity contribution in [3.63, 3.8) is 0 Å². The zero-order valence-corrected chi connectivity index (χ0v) is 17.5. The van der Waals surface area contributed by atoms with Gasteiger partial charge >= 0.3 is 0 Å². The maximum Gasteiger partial charge on any atom is 0.259 e. The molecule has 3 aromatic rings. The monoisotopic (exact) mass is 400 g/mol. The smallest absolute Gasteiger partial charge is 0.259 e. The second-order valence-corrected chi connectivity index (χ2v) is 8.32. The van der Waals surface area contributed by atoms with E-state index in [0.717, 1.165) is 4.88 Å². The lowest BCUT2D eigenvalue weighted by Gasteiger charge is -2.23. The van der Waals surface area contributed by atoms with E-state index in [0.29, 0.717) is 34.5 Å². The van der Waals surface area contributed by atoms with E-state index in [1.54, 1.807) is 27.1 Å². The third-order valence-electron chi connectivity index (χ3n) is 4.39. The van der Waals surface area contributed by atoms with Gasteiger partial charge in [-0.25, -0.2) is 4.98 Å². The normalized spacial score (nSPS) is 12.4. The molecule has 1 N–H and O–H groups in total. The molecule has 0 fully saturated rings. The summed E-state index contributed by atoms with van der Waals surface area (Å²) in [5.41, 5.74) is 1.95. The lowest BCUT2D eigenvalue weighted by atomic mass is 10.0. The van der Waals surface area contributed by atoms with E-state index in [4.69, 9.17) is 4.52 Å². The molecule has 2 amide bonds. The van der Waals surface area contributed by atoms with Crippen LogP contribution >= 0.6 is 11.3 Å². The number of nitrogens with one attached hydrogen (secondary N) is 1. The topological polar surface area (TPSA) is 88.3 Å². The van der Waals surface area contributed by atoms with Crippen molar-refractivity contribution >= 4 is 34.3 Å². The molecular weight excluding hydrogens is 376 g/mol. The molecule has 0 spiro atoms. The Morgan fingerprint density at radius 2 is 2.07 bits per heavy atom. The number of nitrogens with zero attached hydrogens (tertiary/aromatic N) is 3. The maximum absolute atomic E-state index is 13.2. The van der Waals surface area contributed by atoms with Crippen LogP contribution in [0.3, 0.4) is 0 Å². The maximum atomic E-state index is 13.2. The molecule has 0 radical (unpaired) electrons. The van der Waals surface area contributed by atoms with Gasteiger partial charge in [0.15, 0.2) is 0 Å². The molecule has 8 heteroatoms. The van der Waals surface area contributed by atoms with Gasteiger partial charge in [-0.3, -0.25) is 9.59 Å². The first-order valence-electron chi connectivity index (χ1n) is 9.10. The highest BCUT2D eigenvalue weighted by Gasteiger charge is 2.26. The minimum atomic E-state index is -0.601. The molecule has 0 unspecified atom stereocenters. The number of hydrogen-bond acceptors (Lipinski definition) is 6. The van der Waals surface area contributed by atoms with Crippen LogP contribution in [0.5, 0.6) is 0 Å². The first kappa shape index (κ1) is 20.0. The number of rotatable bonds is 6. The Labute approximate surface area is 167 Å². The number of carbonyl (C=O) groups excluding carboxylic acids is 2. The summed E-state index contributed by atoms with van der Waals surface area (Å²) >= 11 is 1.53.